The van der Waals surface area contributed by atoms with E-state index in [1.165, 1.54) is 0 Å². The van der Waals surface area contributed by atoms with Crippen LogP contribution in [0.4, 0.5) is 0 Å². The zero-order chi connectivity index (χ0) is 7.56. The van der Waals surface area contributed by atoms with Gasteiger partial charge in [-0.15, -0.1) is 0 Å². The van der Waals surface area contributed by atoms with E-state index in [0.29, 0.717) is 0 Å². The second-order valence-corrected chi connectivity index (χ2v) is 2.88. The third kappa shape index (κ3) is 1.39. The van der Waals surface area contributed by atoms with Gasteiger partial charge >= 0.3 is 0 Å². The maximum absolute atomic E-state index is 5.20. The molecule has 56 valence electrons. The molecule has 3 nitrogen and oxygen atoms in total. The Morgan fingerprint density at radius 1 is 1.80 bits per heavy atom. The molecule has 10 heavy (non-hydrogen) atoms. The fraction of sp³-hybridized carbons (Fsp3) is 0.333. The van der Waals surface area contributed by atoms with Gasteiger partial charge in [0.2, 0.25) is 0 Å². The van der Waals surface area contributed by atoms with Gasteiger partial charge in [-0.1, -0.05) is 0 Å². The molecule has 0 saturated carbocycles. The third-order valence-electron chi connectivity index (χ3n) is 1.29. The molecule has 0 aliphatic rings. The summed E-state index contributed by atoms with van der Waals surface area (Å²) in [6, 6.07) is 1.88. The Morgan fingerprint density at radius 2 is 2.50 bits per heavy atom. The zero-order valence-corrected chi connectivity index (χ0v) is 7.18. The predicted molar refractivity (Wildman–Crippen MR) is 42.1 cm³/mol. The first-order chi connectivity index (χ1) is 4.75. The molecule has 1 heterocycles. The molecule has 1 aromatic heterocycles. The molecule has 1 unspecified atom stereocenters. The van der Waals surface area contributed by atoms with Crippen LogP contribution in [-0.2, 0) is 0 Å². The quantitative estimate of drug-likeness (QED) is 0.569. The average molecular weight is 205 g/mol. The van der Waals surface area contributed by atoms with Crippen LogP contribution in [0.15, 0.2) is 21.2 Å². The van der Waals surface area contributed by atoms with Crippen molar-refractivity contribution in [1.82, 2.24) is 5.43 Å². The Hall–Kier alpha value is -0.320. The number of rotatable bonds is 2. The van der Waals surface area contributed by atoms with Crippen LogP contribution in [-0.4, -0.2) is 0 Å². The smallest absolute Gasteiger partial charge is 0.135 e. The molecule has 0 aromatic carbocycles. The first kappa shape index (κ1) is 7.78. The third-order valence-corrected chi connectivity index (χ3v) is 1.94. The monoisotopic (exact) mass is 204 g/mol. The summed E-state index contributed by atoms with van der Waals surface area (Å²) < 4.78 is 6.07. The molecule has 0 aliphatic carbocycles. The van der Waals surface area contributed by atoms with Crippen molar-refractivity contribution in [3.63, 3.8) is 0 Å². The van der Waals surface area contributed by atoms with Crippen LogP contribution in [0.1, 0.15) is 18.7 Å². The van der Waals surface area contributed by atoms with E-state index >= 15 is 0 Å². The lowest BCUT2D eigenvalue weighted by molar-refractivity contribution is 0.434. The van der Waals surface area contributed by atoms with Crippen molar-refractivity contribution in [2.24, 2.45) is 5.84 Å². The molecule has 0 bridgehead atoms. The van der Waals surface area contributed by atoms with E-state index < -0.39 is 0 Å². The molecule has 0 aliphatic heterocycles. The van der Waals surface area contributed by atoms with E-state index in [0.717, 1.165) is 10.2 Å². The molecule has 0 radical (unpaired) electrons. The van der Waals surface area contributed by atoms with Crippen molar-refractivity contribution in [3.05, 3.63) is 22.6 Å². The van der Waals surface area contributed by atoms with Crippen molar-refractivity contribution in [2.45, 2.75) is 13.0 Å². The number of hydrazine groups is 1. The van der Waals surface area contributed by atoms with Gasteiger partial charge in [0.15, 0.2) is 0 Å². The fourth-order valence-corrected chi connectivity index (χ4v) is 1.23. The van der Waals surface area contributed by atoms with E-state index in [1.54, 1.807) is 6.26 Å². The van der Waals surface area contributed by atoms with Gasteiger partial charge in [0.05, 0.1) is 16.8 Å². The van der Waals surface area contributed by atoms with Crippen molar-refractivity contribution in [3.8, 4) is 0 Å². The summed E-state index contributed by atoms with van der Waals surface area (Å²) in [6.07, 6.45) is 1.62. The number of furan rings is 1. The molecular weight excluding hydrogens is 196 g/mol. The minimum absolute atomic E-state index is 0.0457. The molecule has 0 fully saturated rings. The Kier molecular flexibility index (Phi) is 2.48. The van der Waals surface area contributed by atoms with E-state index in [2.05, 4.69) is 21.4 Å². The van der Waals surface area contributed by atoms with Gasteiger partial charge in [0.25, 0.3) is 0 Å². The highest BCUT2D eigenvalue weighted by Gasteiger charge is 2.09. The van der Waals surface area contributed by atoms with Gasteiger partial charge < -0.3 is 4.42 Å². The first-order valence-electron chi connectivity index (χ1n) is 2.94. The molecule has 1 aromatic rings. The Balaban J connectivity index is 2.82. The van der Waals surface area contributed by atoms with Gasteiger partial charge in [0.1, 0.15) is 5.76 Å². The topological polar surface area (TPSA) is 51.2 Å². The van der Waals surface area contributed by atoms with Crippen molar-refractivity contribution >= 4 is 15.9 Å². The van der Waals surface area contributed by atoms with Crippen LogP contribution in [0.2, 0.25) is 0 Å². The van der Waals surface area contributed by atoms with Gasteiger partial charge in [0, 0.05) is 0 Å². The minimum atomic E-state index is 0.0457. The van der Waals surface area contributed by atoms with Gasteiger partial charge in [-0.25, -0.2) is 0 Å². The number of nitrogens with two attached hydrogens (primary N) is 1. The molecule has 4 heteroatoms. The molecule has 0 saturated heterocycles. The Labute approximate surface area is 67.7 Å². The van der Waals surface area contributed by atoms with Crippen LogP contribution in [0.25, 0.3) is 0 Å². The normalized spacial score (nSPS) is 13.5. The van der Waals surface area contributed by atoms with Crippen LogP contribution >= 0.6 is 15.9 Å². The summed E-state index contributed by atoms with van der Waals surface area (Å²) in [7, 11) is 0. The zero-order valence-electron chi connectivity index (χ0n) is 5.60. The summed E-state index contributed by atoms with van der Waals surface area (Å²) in [4.78, 5) is 0. The average Bonchev–Trinajstić information content (AvgIpc) is 2.34. The van der Waals surface area contributed by atoms with E-state index in [-0.39, 0.29) is 6.04 Å². The van der Waals surface area contributed by atoms with Crippen LogP contribution < -0.4 is 11.3 Å². The van der Waals surface area contributed by atoms with E-state index in [1.807, 2.05) is 13.0 Å². The maximum Gasteiger partial charge on any atom is 0.135 e. The minimum Gasteiger partial charge on any atom is -0.466 e. The number of nitrogens with one attached hydrogen (secondary N) is 1. The molecule has 1 atom stereocenters. The number of hydrogen-bond donors (Lipinski definition) is 2. The van der Waals surface area contributed by atoms with E-state index in [4.69, 9.17) is 10.3 Å². The lowest BCUT2D eigenvalue weighted by atomic mass is 10.3. The molecule has 3 N–H and O–H groups in total. The van der Waals surface area contributed by atoms with Crippen LogP contribution in [0.5, 0.6) is 0 Å². The fourth-order valence-electron chi connectivity index (χ4n) is 0.690. The first-order valence-corrected chi connectivity index (χ1v) is 3.74. The standard InChI is InChI=1S/C6H9BrN2O/c1-4(9-8)6-5(7)2-3-10-6/h2-4,9H,8H2,1H3. The molecule has 0 amide bonds. The van der Waals surface area contributed by atoms with Crippen LogP contribution in [0, 0.1) is 0 Å². The highest BCUT2D eigenvalue weighted by Crippen LogP contribution is 2.23. The highest BCUT2D eigenvalue weighted by molar-refractivity contribution is 9.10. The maximum atomic E-state index is 5.20. The largest absolute Gasteiger partial charge is 0.466 e. The van der Waals surface area contributed by atoms with Gasteiger partial charge in [-0.05, 0) is 28.9 Å². The SMILES string of the molecule is CC(NN)c1occc1Br. The number of hydrogen-bond acceptors (Lipinski definition) is 3. The van der Waals surface area contributed by atoms with Gasteiger partial charge in [-0.3, -0.25) is 11.3 Å². The van der Waals surface area contributed by atoms with Crippen molar-refractivity contribution < 1.29 is 4.42 Å². The summed E-state index contributed by atoms with van der Waals surface area (Å²) >= 11 is 3.32. The summed E-state index contributed by atoms with van der Waals surface area (Å²) in [5, 5.41) is 0. The summed E-state index contributed by atoms with van der Waals surface area (Å²) in [5.74, 6) is 6.02. The lowest BCUT2D eigenvalue weighted by Gasteiger charge is -2.05. The predicted octanol–water partition coefficient (Wildman–Crippen LogP) is 1.57. The number of halogens is 1. The summed E-state index contributed by atoms with van der Waals surface area (Å²) in [6.45, 7) is 1.92. The molecular formula is C6H9BrN2O. The van der Waals surface area contributed by atoms with E-state index in [9.17, 15) is 0 Å². The Bertz CT molecular complexity index is 211. The van der Waals surface area contributed by atoms with Crippen molar-refractivity contribution in [2.75, 3.05) is 0 Å². The van der Waals surface area contributed by atoms with Crippen molar-refractivity contribution in [1.29, 1.82) is 0 Å². The Morgan fingerprint density at radius 3 is 2.90 bits per heavy atom. The second kappa shape index (κ2) is 3.18. The summed E-state index contributed by atoms with van der Waals surface area (Å²) in [5.41, 5.74) is 2.58. The van der Waals surface area contributed by atoms with Gasteiger partial charge in [-0.2, -0.15) is 0 Å². The molecule has 1 rings (SSSR count). The lowest BCUT2D eigenvalue weighted by Crippen LogP contribution is -2.25. The second-order valence-electron chi connectivity index (χ2n) is 2.02. The highest BCUT2D eigenvalue weighted by atomic mass is 79.9. The molecule has 0 spiro atoms. The van der Waals surface area contributed by atoms with Crippen LogP contribution in [0.3, 0.4) is 0 Å².